The Labute approximate surface area is 115 Å². The number of rotatable bonds is 6. The van der Waals surface area contributed by atoms with Crippen molar-refractivity contribution < 1.29 is 0 Å². The molecular weight excluding hydrogens is 238 g/mol. The maximum atomic E-state index is 4.18. The molecule has 0 saturated heterocycles. The Morgan fingerprint density at radius 3 is 2.89 bits per heavy atom. The highest BCUT2D eigenvalue weighted by Gasteiger charge is 2.09. The summed E-state index contributed by atoms with van der Waals surface area (Å²) in [6, 6.07) is 0.480. The molecule has 2 rings (SSSR count). The molecule has 0 spiro atoms. The largest absolute Gasteiger partial charge is 0.309 e. The van der Waals surface area contributed by atoms with E-state index in [1.165, 1.54) is 18.5 Å². The van der Waals surface area contributed by atoms with Crippen LogP contribution in [0.3, 0.4) is 0 Å². The molecule has 0 fully saturated rings. The van der Waals surface area contributed by atoms with Crippen molar-refractivity contribution in [3.8, 4) is 0 Å². The summed E-state index contributed by atoms with van der Waals surface area (Å²) in [6.45, 7) is 11.5. The Morgan fingerprint density at radius 2 is 2.21 bits per heavy atom. The van der Waals surface area contributed by atoms with Crippen molar-refractivity contribution in [2.24, 2.45) is 0 Å². The van der Waals surface area contributed by atoms with Crippen molar-refractivity contribution in [2.45, 2.75) is 46.3 Å². The fourth-order valence-corrected chi connectivity index (χ4v) is 2.10. The van der Waals surface area contributed by atoms with E-state index in [0.717, 1.165) is 31.9 Å². The lowest BCUT2D eigenvalue weighted by Gasteiger charge is -2.24. The van der Waals surface area contributed by atoms with Gasteiger partial charge in [0, 0.05) is 38.4 Å². The molecule has 5 nitrogen and oxygen atoms in total. The molecule has 0 radical (unpaired) electrons. The number of nitrogens with one attached hydrogen (secondary N) is 1. The summed E-state index contributed by atoms with van der Waals surface area (Å²) in [6.07, 6.45) is 5.56. The van der Waals surface area contributed by atoms with E-state index in [1.807, 2.05) is 10.9 Å². The minimum Gasteiger partial charge on any atom is -0.309 e. The van der Waals surface area contributed by atoms with Gasteiger partial charge in [-0.3, -0.25) is 9.58 Å². The maximum Gasteiger partial charge on any atom is 0.0964 e. The molecule has 0 saturated carbocycles. The second-order valence-electron chi connectivity index (χ2n) is 5.61. The van der Waals surface area contributed by atoms with Crippen LogP contribution in [0.2, 0.25) is 0 Å². The molecule has 106 valence electrons. The smallest absolute Gasteiger partial charge is 0.0964 e. The summed E-state index contributed by atoms with van der Waals surface area (Å²) in [5, 5.41) is 11.7. The van der Waals surface area contributed by atoms with Crippen molar-refractivity contribution >= 4 is 0 Å². The van der Waals surface area contributed by atoms with Crippen molar-refractivity contribution in [1.82, 2.24) is 25.2 Å². The molecule has 5 heteroatoms. The molecule has 1 aliphatic rings. The standard InChI is InChI=1S/C14H25N5/c1-12(2)15-10-14-11-19(17-16-14)9-8-18-6-4-13(3)5-7-18/h4,11-12,15H,5-10H2,1-3H3. The normalized spacial score (nSPS) is 16.9. The summed E-state index contributed by atoms with van der Waals surface area (Å²) in [5.41, 5.74) is 2.53. The fourth-order valence-electron chi connectivity index (χ4n) is 2.10. The summed E-state index contributed by atoms with van der Waals surface area (Å²) < 4.78 is 1.95. The molecule has 1 N–H and O–H groups in total. The second kappa shape index (κ2) is 6.82. The molecule has 0 atom stereocenters. The van der Waals surface area contributed by atoms with E-state index in [1.54, 1.807) is 0 Å². The fraction of sp³-hybridized carbons (Fsp3) is 0.714. The van der Waals surface area contributed by atoms with Crippen LogP contribution < -0.4 is 5.32 Å². The van der Waals surface area contributed by atoms with Gasteiger partial charge in [-0.1, -0.05) is 30.7 Å². The third kappa shape index (κ3) is 4.76. The van der Waals surface area contributed by atoms with Gasteiger partial charge in [-0.2, -0.15) is 0 Å². The maximum absolute atomic E-state index is 4.18. The van der Waals surface area contributed by atoms with Gasteiger partial charge in [0.15, 0.2) is 0 Å². The van der Waals surface area contributed by atoms with Crippen molar-refractivity contribution in [2.75, 3.05) is 19.6 Å². The zero-order valence-electron chi connectivity index (χ0n) is 12.3. The van der Waals surface area contributed by atoms with Gasteiger partial charge in [0.2, 0.25) is 0 Å². The highest BCUT2D eigenvalue weighted by molar-refractivity contribution is 5.03. The molecule has 0 aliphatic carbocycles. The average Bonchev–Trinajstić information content (AvgIpc) is 2.84. The molecular formula is C14H25N5. The topological polar surface area (TPSA) is 46.0 Å². The molecule has 1 aromatic heterocycles. The Balaban J connectivity index is 1.74. The van der Waals surface area contributed by atoms with Crippen LogP contribution in [-0.2, 0) is 13.1 Å². The first-order chi connectivity index (χ1) is 9.13. The molecule has 2 heterocycles. The number of nitrogens with zero attached hydrogens (tertiary/aromatic N) is 4. The lowest BCUT2D eigenvalue weighted by atomic mass is 10.1. The molecule has 0 amide bonds. The SMILES string of the molecule is CC1=CCN(CCn2cc(CNC(C)C)nn2)CC1. The predicted octanol–water partition coefficient (Wildman–Crippen LogP) is 1.43. The van der Waals surface area contributed by atoms with Gasteiger partial charge in [0.25, 0.3) is 0 Å². The quantitative estimate of drug-likeness (QED) is 0.789. The van der Waals surface area contributed by atoms with Crippen LogP contribution in [0.1, 0.15) is 32.9 Å². The Morgan fingerprint density at radius 1 is 1.37 bits per heavy atom. The number of aromatic nitrogens is 3. The van der Waals surface area contributed by atoms with Gasteiger partial charge in [0.05, 0.1) is 12.2 Å². The van der Waals surface area contributed by atoms with Crippen LogP contribution in [-0.4, -0.2) is 45.6 Å². The van der Waals surface area contributed by atoms with Gasteiger partial charge in [-0.25, -0.2) is 0 Å². The average molecular weight is 263 g/mol. The first-order valence-electron chi connectivity index (χ1n) is 7.14. The van der Waals surface area contributed by atoms with Gasteiger partial charge >= 0.3 is 0 Å². The van der Waals surface area contributed by atoms with E-state index >= 15 is 0 Å². The van der Waals surface area contributed by atoms with Gasteiger partial charge in [-0.05, 0) is 13.3 Å². The van der Waals surface area contributed by atoms with E-state index in [4.69, 9.17) is 0 Å². The van der Waals surface area contributed by atoms with E-state index < -0.39 is 0 Å². The highest BCUT2D eigenvalue weighted by Crippen LogP contribution is 2.09. The summed E-state index contributed by atoms with van der Waals surface area (Å²) in [5.74, 6) is 0. The first-order valence-corrected chi connectivity index (χ1v) is 7.14. The van der Waals surface area contributed by atoms with Gasteiger partial charge in [0.1, 0.15) is 0 Å². The Kier molecular flexibility index (Phi) is 5.10. The van der Waals surface area contributed by atoms with Crippen LogP contribution >= 0.6 is 0 Å². The van der Waals surface area contributed by atoms with Crippen LogP contribution in [0, 0.1) is 0 Å². The monoisotopic (exact) mass is 263 g/mol. The van der Waals surface area contributed by atoms with E-state index in [9.17, 15) is 0 Å². The summed E-state index contributed by atoms with van der Waals surface area (Å²) >= 11 is 0. The van der Waals surface area contributed by atoms with Crippen LogP contribution in [0.4, 0.5) is 0 Å². The van der Waals surface area contributed by atoms with Gasteiger partial charge < -0.3 is 5.32 Å². The molecule has 0 unspecified atom stereocenters. The molecule has 19 heavy (non-hydrogen) atoms. The van der Waals surface area contributed by atoms with E-state index in [0.29, 0.717) is 6.04 Å². The molecule has 0 bridgehead atoms. The van der Waals surface area contributed by atoms with E-state index in [-0.39, 0.29) is 0 Å². The predicted molar refractivity (Wildman–Crippen MR) is 76.8 cm³/mol. The van der Waals surface area contributed by atoms with Crippen LogP contribution in [0.25, 0.3) is 0 Å². The second-order valence-corrected chi connectivity index (χ2v) is 5.61. The zero-order chi connectivity index (χ0) is 13.7. The lowest BCUT2D eigenvalue weighted by molar-refractivity contribution is 0.276. The minimum atomic E-state index is 0.480. The zero-order valence-corrected chi connectivity index (χ0v) is 12.3. The number of hydrogen-bond acceptors (Lipinski definition) is 4. The van der Waals surface area contributed by atoms with Crippen molar-refractivity contribution in [1.29, 1.82) is 0 Å². The van der Waals surface area contributed by atoms with Crippen molar-refractivity contribution in [3.05, 3.63) is 23.5 Å². The van der Waals surface area contributed by atoms with Gasteiger partial charge in [-0.15, -0.1) is 5.10 Å². The molecule has 1 aromatic rings. The first kappa shape index (κ1) is 14.2. The summed E-state index contributed by atoms with van der Waals surface area (Å²) in [4.78, 5) is 2.46. The minimum absolute atomic E-state index is 0.480. The Bertz CT molecular complexity index is 421. The third-order valence-corrected chi connectivity index (χ3v) is 3.44. The summed E-state index contributed by atoms with van der Waals surface area (Å²) in [7, 11) is 0. The van der Waals surface area contributed by atoms with E-state index in [2.05, 4.69) is 47.4 Å². The lowest BCUT2D eigenvalue weighted by Crippen LogP contribution is -2.31. The highest BCUT2D eigenvalue weighted by atomic mass is 15.4. The van der Waals surface area contributed by atoms with Crippen molar-refractivity contribution in [3.63, 3.8) is 0 Å². The molecule has 0 aromatic carbocycles. The van der Waals surface area contributed by atoms with Crippen LogP contribution in [0.15, 0.2) is 17.8 Å². The third-order valence-electron chi connectivity index (χ3n) is 3.44. The Hall–Kier alpha value is -1.20. The number of hydrogen-bond donors (Lipinski definition) is 1. The van der Waals surface area contributed by atoms with Crippen LogP contribution in [0.5, 0.6) is 0 Å². The molecule has 1 aliphatic heterocycles.